The molecule has 2 unspecified atom stereocenters. The molecule has 1 saturated heterocycles. The van der Waals surface area contributed by atoms with E-state index in [2.05, 4.69) is 5.10 Å². The molecule has 2 atom stereocenters. The summed E-state index contributed by atoms with van der Waals surface area (Å²) < 4.78 is 37.6. The Bertz CT molecular complexity index is 385. The van der Waals surface area contributed by atoms with Gasteiger partial charge < -0.3 is 9.31 Å². The zero-order valence-corrected chi connectivity index (χ0v) is 12.3. The second-order valence-electron chi connectivity index (χ2n) is 6.29. The van der Waals surface area contributed by atoms with E-state index in [-0.39, 0.29) is 5.82 Å². The molecule has 19 heavy (non-hydrogen) atoms. The number of halogens is 2. The standard InChI is InChI=1S/C12H21BF2N2O2/c1-7-9(8(2)17(16-7)10(14)15)13-18-11(3,4)12(5,6)19-13/h8-10H,1-6H3. The fourth-order valence-electron chi connectivity index (χ4n) is 2.53. The first-order valence-corrected chi connectivity index (χ1v) is 6.54. The largest absolute Gasteiger partial charge is 0.469 e. The van der Waals surface area contributed by atoms with E-state index in [0.29, 0.717) is 5.71 Å². The van der Waals surface area contributed by atoms with Crippen molar-refractivity contribution < 1.29 is 18.1 Å². The molecule has 0 spiro atoms. The van der Waals surface area contributed by atoms with Crippen LogP contribution in [0.1, 0.15) is 41.5 Å². The molecular weight excluding hydrogens is 253 g/mol. The van der Waals surface area contributed by atoms with Gasteiger partial charge in [0.2, 0.25) is 0 Å². The van der Waals surface area contributed by atoms with Crippen LogP contribution in [0.25, 0.3) is 0 Å². The Labute approximate surface area is 113 Å². The third-order valence-corrected chi connectivity index (χ3v) is 4.46. The first kappa shape index (κ1) is 14.7. The minimum absolute atomic E-state index is 0.268. The summed E-state index contributed by atoms with van der Waals surface area (Å²) in [6.07, 6.45) is 0. The van der Waals surface area contributed by atoms with Crippen molar-refractivity contribution in [2.45, 2.75) is 71.2 Å². The Kier molecular flexibility index (Phi) is 3.42. The summed E-state index contributed by atoms with van der Waals surface area (Å²) in [7, 11) is -0.535. The summed E-state index contributed by atoms with van der Waals surface area (Å²) in [6.45, 7) is 8.66. The maximum Gasteiger partial charge on any atom is 0.469 e. The van der Waals surface area contributed by atoms with Crippen LogP contribution >= 0.6 is 0 Å². The summed E-state index contributed by atoms with van der Waals surface area (Å²) in [5, 5.41) is 4.75. The zero-order chi connectivity index (χ0) is 14.6. The summed E-state index contributed by atoms with van der Waals surface area (Å²) in [6, 6.07) is -0.435. The van der Waals surface area contributed by atoms with E-state index >= 15 is 0 Å². The van der Waals surface area contributed by atoms with Crippen LogP contribution in [0, 0.1) is 0 Å². The van der Waals surface area contributed by atoms with Gasteiger partial charge in [0.1, 0.15) is 0 Å². The average Bonchev–Trinajstić information content (AvgIpc) is 2.62. The zero-order valence-electron chi connectivity index (χ0n) is 12.3. The van der Waals surface area contributed by atoms with E-state index in [1.165, 1.54) is 0 Å². The van der Waals surface area contributed by atoms with Gasteiger partial charge >= 0.3 is 13.7 Å². The van der Waals surface area contributed by atoms with E-state index < -0.39 is 30.9 Å². The van der Waals surface area contributed by atoms with Crippen LogP contribution in [0.2, 0.25) is 5.82 Å². The normalized spacial score (nSPS) is 33.2. The summed E-state index contributed by atoms with van der Waals surface area (Å²) >= 11 is 0. The van der Waals surface area contributed by atoms with Crippen molar-refractivity contribution in [1.82, 2.24) is 5.01 Å². The molecule has 1 fully saturated rings. The molecule has 108 valence electrons. The lowest BCUT2D eigenvalue weighted by Crippen LogP contribution is -2.41. The smallest absolute Gasteiger partial charge is 0.403 e. The van der Waals surface area contributed by atoms with Crippen molar-refractivity contribution in [2.24, 2.45) is 5.10 Å². The molecule has 0 aromatic heterocycles. The van der Waals surface area contributed by atoms with Gasteiger partial charge in [0.05, 0.1) is 23.1 Å². The Morgan fingerprint density at radius 1 is 1.21 bits per heavy atom. The van der Waals surface area contributed by atoms with Crippen molar-refractivity contribution in [3.8, 4) is 0 Å². The number of rotatable bonds is 2. The van der Waals surface area contributed by atoms with Gasteiger partial charge in [-0.3, -0.25) is 0 Å². The lowest BCUT2D eigenvalue weighted by atomic mass is 9.66. The molecule has 0 aromatic rings. The number of hydrogen-bond donors (Lipinski definition) is 0. The summed E-state index contributed by atoms with van der Waals surface area (Å²) in [5.74, 6) is -0.268. The topological polar surface area (TPSA) is 34.1 Å². The third kappa shape index (κ3) is 2.27. The van der Waals surface area contributed by atoms with Gasteiger partial charge in [-0.25, -0.2) is 5.01 Å². The molecule has 0 N–H and O–H groups in total. The SMILES string of the molecule is CC1=NN(C(F)F)C(C)C1B1OC(C)(C)C(C)(C)O1. The average molecular weight is 274 g/mol. The van der Waals surface area contributed by atoms with Gasteiger partial charge in [0.15, 0.2) is 0 Å². The molecule has 2 rings (SSSR count). The quantitative estimate of drug-likeness (QED) is 0.573. The maximum atomic E-state index is 12.9. The highest BCUT2D eigenvalue weighted by Crippen LogP contribution is 2.43. The maximum absolute atomic E-state index is 12.9. The molecule has 0 aliphatic carbocycles. The number of hydrazone groups is 1. The van der Waals surface area contributed by atoms with Crippen molar-refractivity contribution >= 4 is 12.8 Å². The molecular formula is C12H21BF2N2O2. The van der Waals surface area contributed by atoms with E-state index in [1.54, 1.807) is 13.8 Å². The van der Waals surface area contributed by atoms with E-state index in [0.717, 1.165) is 5.01 Å². The molecule has 0 radical (unpaired) electrons. The third-order valence-electron chi connectivity index (χ3n) is 4.46. The predicted octanol–water partition coefficient (Wildman–Crippen LogP) is 2.75. The van der Waals surface area contributed by atoms with Crippen molar-refractivity contribution in [3.05, 3.63) is 0 Å². The van der Waals surface area contributed by atoms with E-state index in [1.807, 2.05) is 27.7 Å². The first-order chi connectivity index (χ1) is 8.57. The number of nitrogens with zero attached hydrogens (tertiary/aromatic N) is 2. The second-order valence-corrected chi connectivity index (χ2v) is 6.29. The molecule has 4 nitrogen and oxygen atoms in total. The molecule has 0 aromatic carbocycles. The lowest BCUT2D eigenvalue weighted by molar-refractivity contribution is -0.0408. The van der Waals surface area contributed by atoms with Gasteiger partial charge in [-0.1, -0.05) is 0 Å². The predicted molar refractivity (Wildman–Crippen MR) is 70.2 cm³/mol. The van der Waals surface area contributed by atoms with Gasteiger partial charge in [0.25, 0.3) is 0 Å². The van der Waals surface area contributed by atoms with Gasteiger partial charge in [-0.2, -0.15) is 13.9 Å². The molecule has 0 amide bonds. The fraction of sp³-hybridized carbons (Fsp3) is 0.917. The highest BCUT2D eigenvalue weighted by molar-refractivity contribution is 6.53. The monoisotopic (exact) mass is 274 g/mol. The minimum Gasteiger partial charge on any atom is -0.403 e. The van der Waals surface area contributed by atoms with Crippen LogP contribution in [0.15, 0.2) is 5.10 Å². The van der Waals surface area contributed by atoms with Crippen LogP contribution in [0.4, 0.5) is 8.78 Å². The van der Waals surface area contributed by atoms with Gasteiger partial charge in [-0.05, 0) is 41.5 Å². The molecule has 0 bridgehead atoms. The van der Waals surface area contributed by atoms with Gasteiger partial charge in [-0.15, -0.1) is 0 Å². The Hall–Kier alpha value is -0.685. The van der Waals surface area contributed by atoms with Crippen LogP contribution in [-0.2, 0) is 9.31 Å². The van der Waals surface area contributed by atoms with E-state index in [9.17, 15) is 8.78 Å². The van der Waals surface area contributed by atoms with Gasteiger partial charge in [0, 0.05) is 5.71 Å². The first-order valence-electron chi connectivity index (χ1n) is 6.54. The van der Waals surface area contributed by atoms with Crippen LogP contribution in [-0.4, -0.2) is 41.6 Å². The molecule has 2 aliphatic rings. The molecule has 2 heterocycles. The van der Waals surface area contributed by atoms with E-state index in [4.69, 9.17) is 9.31 Å². The highest BCUT2D eigenvalue weighted by atomic mass is 19.3. The van der Waals surface area contributed by atoms with Crippen molar-refractivity contribution in [3.63, 3.8) is 0 Å². The summed E-state index contributed by atoms with van der Waals surface area (Å²) in [5.41, 5.74) is -0.294. The summed E-state index contributed by atoms with van der Waals surface area (Å²) in [4.78, 5) is 0. The Morgan fingerprint density at radius 3 is 2.05 bits per heavy atom. The van der Waals surface area contributed by atoms with Crippen LogP contribution < -0.4 is 0 Å². The van der Waals surface area contributed by atoms with Crippen LogP contribution in [0.5, 0.6) is 0 Å². The Balaban J connectivity index is 2.19. The number of alkyl halides is 2. The lowest BCUT2D eigenvalue weighted by Gasteiger charge is -2.32. The highest BCUT2D eigenvalue weighted by Gasteiger charge is 2.57. The molecule has 7 heteroatoms. The molecule has 0 saturated carbocycles. The second kappa shape index (κ2) is 4.41. The number of hydrogen-bond acceptors (Lipinski definition) is 4. The van der Waals surface area contributed by atoms with Crippen molar-refractivity contribution in [2.75, 3.05) is 0 Å². The Morgan fingerprint density at radius 2 is 1.68 bits per heavy atom. The molecule has 2 aliphatic heterocycles. The minimum atomic E-state index is -2.60. The fourth-order valence-corrected chi connectivity index (χ4v) is 2.53. The van der Waals surface area contributed by atoms with Crippen molar-refractivity contribution in [1.29, 1.82) is 0 Å². The van der Waals surface area contributed by atoms with Crippen LogP contribution in [0.3, 0.4) is 0 Å².